The second-order valence-corrected chi connectivity index (χ2v) is 6.99. The molecule has 1 aromatic carbocycles. The van der Waals surface area contributed by atoms with Crippen LogP contribution in [0.3, 0.4) is 0 Å². The second kappa shape index (κ2) is 7.20. The third-order valence-corrected chi connectivity index (χ3v) is 5.33. The standard InChI is InChI=1S/C16H21BrN2O2.ClH/c1-21-15-7-11(17)5-6-12(15)16(20)19-8-10-3-2-4-14(18)13(10)9-19;/h5-7,10,13-14H,2-4,8-9,18H2,1H3;1H. The number of methoxy groups -OCH3 is 1. The van der Waals surface area contributed by atoms with Crippen LogP contribution in [-0.2, 0) is 0 Å². The van der Waals surface area contributed by atoms with Crippen LogP contribution in [0.15, 0.2) is 22.7 Å². The molecule has 0 spiro atoms. The van der Waals surface area contributed by atoms with E-state index >= 15 is 0 Å². The van der Waals surface area contributed by atoms with Crippen molar-refractivity contribution in [2.24, 2.45) is 17.6 Å². The number of ether oxygens (including phenoxy) is 1. The topological polar surface area (TPSA) is 55.6 Å². The Morgan fingerprint density at radius 2 is 2.14 bits per heavy atom. The Hall–Kier alpha value is -0.780. The molecule has 0 radical (unpaired) electrons. The van der Waals surface area contributed by atoms with Crippen LogP contribution < -0.4 is 10.5 Å². The fourth-order valence-electron chi connectivity index (χ4n) is 3.69. The predicted molar refractivity (Wildman–Crippen MR) is 92.7 cm³/mol. The first-order valence-electron chi connectivity index (χ1n) is 7.48. The highest BCUT2D eigenvalue weighted by Crippen LogP contribution is 2.36. The number of nitrogens with zero attached hydrogens (tertiary/aromatic N) is 1. The van der Waals surface area contributed by atoms with Gasteiger partial charge in [0, 0.05) is 23.6 Å². The van der Waals surface area contributed by atoms with Crippen molar-refractivity contribution in [3.05, 3.63) is 28.2 Å². The van der Waals surface area contributed by atoms with Crippen molar-refractivity contribution < 1.29 is 9.53 Å². The van der Waals surface area contributed by atoms with Crippen LogP contribution in [0.1, 0.15) is 29.6 Å². The third kappa shape index (κ3) is 3.26. The average Bonchev–Trinajstić information content (AvgIpc) is 2.92. The maximum Gasteiger partial charge on any atom is 0.257 e. The number of carbonyl (C=O) groups excluding carboxylic acids is 1. The molecule has 1 saturated heterocycles. The molecule has 1 aliphatic carbocycles. The molecular formula is C16H22BrClN2O2. The van der Waals surface area contributed by atoms with E-state index in [0.29, 0.717) is 23.1 Å². The molecule has 2 fully saturated rings. The Labute approximate surface area is 145 Å². The molecule has 122 valence electrons. The number of hydrogen-bond donors (Lipinski definition) is 1. The van der Waals surface area contributed by atoms with E-state index in [9.17, 15) is 4.79 Å². The normalized spacial score (nSPS) is 27.0. The molecule has 1 saturated carbocycles. The minimum atomic E-state index is 0. The van der Waals surface area contributed by atoms with Gasteiger partial charge in [-0.1, -0.05) is 22.4 Å². The molecule has 3 atom stereocenters. The molecule has 1 amide bonds. The monoisotopic (exact) mass is 388 g/mol. The van der Waals surface area contributed by atoms with Crippen molar-refractivity contribution in [1.82, 2.24) is 4.90 Å². The highest BCUT2D eigenvalue weighted by Gasteiger charge is 2.40. The summed E-state index contributed by atoms with van der Waals surface area (Å²) in [4.78, 5) is 14.7. The Morgan fingerprint density at radius 3 is 2.82 bits per heavy atom. The molecular weight excluding hydrogens is 368 g/mol. The Morgan fingerprint density at radius 1 is 1.36 bits per heavy atom. The van der Waals surface area contributed by atoms with Crippen molar-refractivity contribution in [1.29, 1.82) is 0 Å². The Kier molecular flexibility index (Phi) is 5.75. The molecule has 3 rings (SSSR count). The van der Waals surface area contributed by atoms with E-state index in [2.05, 4.69) is 15.9 Å². The molecule has 0 aromatic heterocycles. The molecule has 3 unspecified atom stereocenters. The minimum absolute atomic E-state index is 0. The van der Waals surface area contributed by atoms with E-state index in [1.807, 2.05) is 23.1 Å². The van der Waals surface area contributed by atoms with Crippen LogP contribution in [0.5, 0.6) is 5.75 Å². The first-order valence-corrected chi connectivity index (χ1v) is 8.28. The molecule has 0 bridgehead atoms. The van der Waals surface area contributed by atoms with Gasteiger partial charge >= 0.3 is 0 Å². The van der Waals surface area contributed by atoms with Gasteiger partial charge in [0.25, 0.3) is 5.91 Å². The summed E-state index contributed by atoms with van der Waals surface area (Å²) in [6.07, 6.45) is 3.47. The number of carbonyl (C=O) groups is 1. The number of amides is 1. The van der Waals surface area contributed by atoms with Crippen LogP contribution in [-0.4, -0.2) is 37.0 Å². The smallest absolute Gasteiger partial charge is 0.257 e. The molecule has 1 aromatic rings. The quantitative estimate of drug-likeness (QED) is 0.845. The van der Waals surface area contributed by atoms with E-state index in [1.54, 1.807) is 7.11 Å². The lowest BCUT2D eigenvalue weighted by molar-refractivity contribution is 0.0780. The van der Waals surface area contributed by atoms with Crippen molar-refractivity contribution in [2.45, 2.75) is 25.3 Å². The van der Waals surface area contributed by atoms with Crippen LogP contribution in [0.4, 0.5) is 0 Å². The third-order valence-electron chi connectivity index (χ3n) is 4.84. The highest BCUT2D eigenvalue weighted by molar-refractivity contribution is 9.10. The van der Waals surface area contributed by atoms with Gasteiger partial charge in [0.15, 0.2) is 0 Å². The molecule has 6 heteroatoms. The summed E-state index contributed by atoms with van der Waals surface area (Å²) in [5.41, 5.74) is 6.86. The lowest BCUT2D eigenvalue weighted by Gasteiger charge is -2.29. The van der Waals surface area contributed by atoms with E-state index in [-0.39, 0.29) is 24.4 Å². The summed E-state index contributed by atoms with van der Waals surface area (Å²) >= 11 is 3.41. The van der Waals surface area contributed by atoms with Gasteiger partial charge in [-0.3, -0.25) is 4.79 Å². The summed E-state index contributed by atoms with van der Waals surface area (Å²) in [5, 5.41) is 0. The summed E-state index contributed by atoms with van der Waals surface area (Å²) in [5.74, 6) is 1.71. The SMILES string of the molecule is COc1cc(Br)ccc1C(=O)N1CC2CCCC(N)C2C1.Cl. The zero-order valence-corrected chi connectivity index (χ0v) is 15.0. The first-order chi connectivity index (χ1) is 10.1. The zero-order chi connectivity index (χ0) is 15.0. The van der Waals surface area contributed by atoms with Crippen molar-refractivity contribution >= 4 is 34.2 Å². The Bertz CT molecular complexity index is 555. The summed E-state index contributed by atoms with van der Waals surface area (Å²) in [7, 11) is 1.60. The summed E-state index contributed by atoms with van der Waals surface area (Å²) < 4.78 is 6.25. The molecule has 1 aliphatic heterocycles. The van der Waals surface area contributed by atoms with E-state index in [0.717, 1.165) is 24.0 Å². The Balaban J connectivity index is 0.00000176. The number of fused-ring (bicyclic) bond motifs is 1. The van der Waals surface area contributed by atoms with Crippen LogP contribution in [0.25, 0.3) is 0 Å². The van der Waals surface area contributed by atoms with Gasteiger partial charge in [0.05, 0.1) is 12.7 Å². The second-order valence-electron chi connectivity index (χ2n) is 6.07. The molecule has 2 N–H and O–H groups in total. The van der Waals surface area contributed by atoms with Gasteiger partial charge in [0.2, 0.25) is 0 Å². The van der Waals surface area contributed by atoms with Crippen molar-refractivity contribution in [3.63, 3.8) is 0 Å². The summed E-state index contributed by atoms with van der Waals surface area (Å²) in [6, 6.07) is 5.79. The largest absolute Gasteiger partial charge is 0.496 e. The van der Waals surface area contributed by atoms with Gasteiger partial charge in [-0.15, -0.1) is 12.4 Å². The lowest BCUT2D eigenvalue weighted by atomic mass is 9.78. The van der Waals surface area contributed by atoms with E-state index < -0.39 is 0 Å². The minimum Gasteiger partial charge on any atom is -0.496 e. The molecule has 1 heterocycles. The van der Waals surface area contributed by atoms with E-state index in [4.69, 9.17) is 10.5 Å². The zero-order valence-electron chi connectivity index (χ0n) is 12.6. The average molecular weight is 390 g/mol. The van der Waals surface area contributed by atoms with Gasteiger partial charge < -0.3 is 15.4 Å². The lowest BCUT2D eigenvalue weighted by Crippen LogP contribution is -2.38. The van der Waals surface area contributed by atoms with Gasteiger partial charge in [-0.2, -0.15) is 0 Å². The van der Waals surface area contributed by atoms with Crippen LogP contribution in [0.2, 0.25) is 0 Å². The highest BCUT2D eigenvalue weighted by atomic mass is 79.9. The number of benzene rings is 1. The van der Waals surface area contributed by atoms with Crippen LogP contribution >= 0.6 is 28.3 Å². The summed E-state index contributed by atoms with van der Waals surface area (Å²) in [6.45, 7) is 1.61. The van der Waals surface area contributed by atoms with Crippen molar-refractivity contribution in [2.75, 3.05) is 20.2 Å². The number of rotatable bonds is 2. The first kappa shape index (κ1) is 17.6. The van der Waals surface area contributed by atoms with Gasteiger partial charge in [-0.05, 0) is 42.9 Å². The number of likely N-dealkylation sites (tertiary alicyclic amines) is 1. The molecule has 2 aliphatic rings. The van der Waals surface area contributed by atoms with Crippen molar-refractivity contribution in [3.8, 4) is 5.75 Å². The number of halogens is 2. The number of nitrogens with two attached hydrogens (primary N) is 1. The maximum absolute atomic E-state index is 12.8. The van der Waals surface area contributed by atoms with Crippen LogP contribution in [0, 0.1) is 11.8 Å². The molecule has 4 nitrogen and oxygen atoms in total. The maximum atomic E-state index is 12.8. The predicted octanol–water partition coefficient (Wildman–Crippen LogP) is 3.08. The van der Waals surface area contributed by atoms with Gasteiger partial charge in [0.1, 0.15) is 5.75 Å². The fraction of sp³-hybridized carbons (Fsp3) is 0.562. The fourth-order valence-corrected chi connectivity index (χ4v) is 4.03. The van der Waals surface area contributed by atoms with Gasteiger partial charge in [-0.25, -0.2) is 0 Å². The number of hydrogen-bond acceptors (Lipinski definition) is 3. The van der Waals surface area contributed by atoms with E-state index in [1.165, 1.54) is 12.8 Å². The molecule has 22 heavy (non-hydrogen) atoms.